The molecule has 1 aliphatic carbocycles. The fourth-order valence-corrected chi connectivity index (χ4v) is 5.11. The Labute approximate surface area is 186 Å². The van der Waals surface area contributed by atoms with Crippen LogP contribution in [0.1, 0.15) is 43.0 Å². The number of para-hydroxylation sites is 1. The molecule has 1 heterocycles. The lowest BCUT2D eigenvalue weighted by Crippen LogP contribution is -2.33. The number of thioether (sulfide) groups is 1. The summed E-state index contributed by atoms with van der Waals surface area (Å²) in [5.74, 6) is 0.142. The fourth-order valence-electron chi connectivity index (χ4n) is 4.20. The Balaban J connectivity index is 1.54. The van der Waals surface area contributed by atoms with E-state index in [0.717, 1.165) is 19.3 Å². The molecule has 3 aromatic rings. The van der Waals surface area contributed by atoms with Crippen molar-refractivity contribution in [3.8, 4) is 0 Å². The van der Waals surface area contributed by atoms with Crippen molar-refractivity contribution in [3.05, 3.63) is 70.0 Å². The van der Waals surface area contributed by atoms with Gasteiger partial charge in [-0.05, 0) is 49.4 Å². The van der Waals surface area contributed by atoms with Gasteiger partial charge in [0.2, 0.25) is 5.91 Å². The van der Waals surface area contributed by atoms with E-state index >= 15 is 0 Å². The maximum absolute atomic E-state index is 13.1. The van der Waals surface area contributed by atoms with Crippen molar-refractivity contribution in [2.24, 2.45) is 0 Å². The zero-order valence-electron chi connectivity index (χ0n) is 17.8. The van der Waals surface area contributed by atoms with Crippen molar-refractivity contribution in [3.63, 3.8) is 0 Å². The number of rotatable bonds is 7. The van der Waals surface area contributed by atoms with E-state index in [1.54, 1.807) is 17.7 Å². The average molecular weight is 438 g/mol. The predicted octanol–water partition coefficient (Wildman–Crippen LogP) is 3.89. The number of fused-ring (bicyclic) bond motifs is 2. The van der Waals surface area contributed by atoms with Gasteiger partial charge in [-0.3, -0.25) is 14.2 Å². The van der Waals surface area contributed by atoms with E-state index in [1.165, 1.54) is 22.9 Å². The molecule has 0 radical (unpaired) electrons. The van der Waals surface area contributed by atoms with Gasteiger partial charge in [-0.15, -0.1) is 0 Å². The Kier molecular flexibility index (Phi) is 6.73. The highest BCUT2D eigenvalue weighted by molar-refractivity contribution is 7.99. The third-order valence-electron chi connectivity index (χ3n) is 5.66. The first-order valence-corrected chi connectivity index (χ1v) is 11.6. The lowest BCUT2D eigenvalue weighted by molar-refractivity contribution is -0.119. The quantitative estimate of drug-likeness (QED) is 0.448. The van der Waals surface area contributed by atoms with Gasteiger partial charge in [-0.1, -0.05) is 48.2 Å². The molecule has 0 saturated heterocycles. The van der Waals surface area contributed by atoms with Crippen LogP contribution in [0.25, 0.3) is 10.9 Å². The minimum Gasteiger partial charge on any atom is -0.383 e. The molecule has 6 nitrogen and oxygen atoms in total. The van der Waals surface area contributed by atoms with E-state index in [4.69, 9.17) is 4.74 Å². The smallest absolute Gasteiger partial charge is 0.262 e. The summed E-state index contributed by atoms with van der Waals surface area (Å²) >= 11 is 1.29. The second-order valence-corrected chi connectivity index (χ2v) is 8.83. The summed E-state index contributed by atoms with van der Waals surface area (Å²) in [4.78, 5) is 30.6. The van der Waals surface area contributed by atoms with Gasteiger partial charge in [-0.25, -0.2) is 4.98 Å². The van der Waals surface area contributed by atoms with Gasteiger partial charge < -0.3 is 10.1 Å². The number of nitrogens with one attached hydrogen (secondary N) is 1. The molecular formula is C24H27N3O3S. The number of aryl methyl sites for hydroxylation is 1. The number of carbonyl (C=O) groups excluding carboxylic acids is 1. The Hall–Kier alpha value is -2.64. The molecule has 31 heavy (non-hydrogen) atoms. The molecule has 0 fully saturated rings. The van der Waals surface area contributed by atoms with Crippen molar-refractivity contribution >= 4 is 28.6 Å². The van der Waals surface area contributed by atoms with Crippen LogP contribution < -0.4 is 10.9 Å². The number of benzene rings is 2. The number of carbonyl (C=O) groups is 1. The van der Waals surface area contributed by atoms with Crippen molar-refractivity contribution in [2.75, 3.05) is 19.5 Å². The number of nitrogens with zero attached hydrogens (tertiary/aromatic N) is 2. The molecule has 2 atom stereocenters. The van der Waals surface area contributed by atoms with Crippen molar-refractivity contribution in [1.29, 1.82) is 0 Å². The molecule has 1 aromatic heterocycles. The molecule has 1 aliphatic rings. The first kappa shape index (κ1) is 21.6. The summed E-state index contributed by atoms with van der Waals surface area (Å²) in [6, 6.07) is 15.4. The van der Waals surface area contributed by atoms with E-state index in [2.05, 4.69) is 22.4 Å². The third kappa shape index (κ3) is 4.67. The molecule has 1 amide bonds. The van der Waals surface area contributed by atoms with Gasteiger partial charge in [0.05, 0.1) is 35.3 Å². The third-order valence-corrected chi connectivity index (χ3v) is 6.61. The lowest BCUT2D eigenvalue weighted by atomic mass is 9.88. The van der Waals surface area contributed by atoms with Crippen LogP contribution in [-0.2, 0) is 16.0 Å². The van der Waals surface area contributed by atoms with Crippen LogP contribution in [0.4, 0.5) is 0 Å². The van der Waals surface area contributed by atoms with Gasteiger partial charge in [-0.2, -0.15) is 0 Å². The average Bonchev–Trinajstić information content (AvgIpc) is 2.78. The lowest BCUT2D eigenvalue weighted by Gasteiger charge is -2.26. The second kappa shape index (κ2) is 9.66. The van der Waals surface area contributed by atoms with Gasteiger partial charge in [0.15, 0.2) is 5.16 Å². The van der Waals surface area contributed by atoms with Crippen molar-refractivity contribution in [2.45, 2.75) is 43.4 Å². The zero-order chi connectivity index (χ0) is 21.8. The van der Waals surface area contributed by atoms with Gasteiger partial charge in [0.25, 0.3) is 5.56 Å². The van der Waals surface area contributed by atoms with E-state index in [1.807, 2.05) is 37.3 Å². The van der Waals surface area contributed by atoms with E-state index in [0.29, 0.717) is 22.7 Å². The van der Waals surface area contributed by atoms with E-state index < -0.39 is 0 Å². The van der Waals surface area contributed by atoms with Crippen molar-refractivity contribution in [1.82, 2.24) is 14.9 Å². The largest absolute Gasteiger partial charge is 0.383 e. The molecule has 162 valence electrons. The van der Waals surface area contributed by atoms with Crippen LogP contribution in [0, 0.1) is 0 Å². The van der Waals surface area contributed by atoms with Gasteiger partial charge in [0, 0.05) is 7.11 Å². The van der Waals surface area contributed by atoms with Crippen LogP contribution in [-0.4, -0.2) is 34.9 Å². The normalized spacial score (nSPS) is 16.6. The van der Waals surface area contributed by atoms with Crippen LogP contribution in [0.5, 0.6) is 0 Å². The van der Waals surface area contributed by atoms with E-state index in [-0.39, 0.29) is 29.3 Å². The molecule has 7 heteroatoms. The molecule has 0 bridgehead atoms. The maximum atomic E-state index is 13.1. The zero-order valence-corrected chi connectivity index (χ0v) is 18.7. The van der Waals surface area contributed by atoms with Gasteiger partial charge >= 0.3 is 0 Å². The summed E-state index contributed by atoms with van der Waals surface area (Å²) in [7, 11) is 1.61. The highest BCUT2D eigenvalue weighted by atomic mass is 32.2. The Morgan fingerprint density at radius 2 is 2.03 bits per heavy atom. The van der Waals surface area contributed by atoms with E-state index in [9.17, 15) is 9.59 Å². The van der Waals surface area contributed by atoms with Crippen LogP contribution in [0.3, 0.4) is 0 Å². The van der Waals surface area contributed by atoms with Crippen molar-refractivity contribution < 1.29 is 9.53 Å². The van der Waals surface area contributed by atoms with Crippen LogP contribution in [0.2, 0.25) is 0 Å². The number of methoxy groups -OCH3 is 1. The number of ether oxygens (including phenoxy) is 1. The monoisotopic (exact) mass is 437 g/mol. The summed E-state index contributed by atoms with van der Waals surface area (Å²) < 4.78 is 6.90. The number of amides is 1. The first-order valence-electron chi connectivity index (χ1n) is 10.6. The SMILES string of the molecule is COC[C@H](C)n1c(SCC(=O)N[C@@H]2CCCc3ccccc32)nc2ccccc2c1=O. The molecule has 0 spiro atoms. The van der Waals surface area contributed by atoms with Crippen LogP contribution in [0.15, 0.2) is 58.5 Å². The minimum atomic E-state index is -0.189. The summed E-state index contributed by atoms with van der Waals surface area (Å²) in [6.07, 6.45) is 3.06. The standard InChI is InChI=1S/C24H27N3O3S/c1-16(14-30-2)27-23(29)19-11-5-6-12-21(19)26-24(27)31-15-22(28)25-20-13-7-9-17-8-3-4-10-18(17)20/h3-6,8,10-12,16,20H,7,9,13-15H2,1-2H3,(H,25,28)/t16-,20+/m0/s1. The van der Waals surface area contributed by atoms with Gasteiger partial charge in [0.1, 0.15) is 0 Å². The fraction of sp³-hybridized carbons (Fsp3) is 0.375. The highest BCUT2D eigenvalue weighted by Gasteiger charge is 2.22. The molecule has 0 aliphatic heterocycles. The summed E-state index contributed by atoms with van der Waals surface area (Å²) in [5, 5.41) is 4.27. The number of hydrogen-bond acceptors (Lipinski definition) is 5. The Bertz CT molecular complexity index is 1140. The Morgan fingerprint density at radius 3 is 2.87 bits per heavy atom. The minimum absolute atomic E-state index is 0.0391. The highest BCUT2D eigenvalue weighted by Crippen LogP contribution is 2.29. The maximum Gasteiger partial charge on any atom is 0.262 e. The number of hydrogen-bond donors (Lipinski definition) is 1. The summed E-state index contributed by atoms with van der Waals surface area (Å²) in [5.41, 5.74) is 3.04. The Morgan fingerprint density at radius 1 is 1.26 bits per heavy atom. The molecule has 2 aromatic carbocycles. The second-order valence-electron chi connectivity index (χ2n) is 7.89. The topological polar surface area (TPSA) is 73.2 Å². The molecule has 0 unspecified atom stereocenters. The first-order chi connectivity index (χ1) is 15.1. The molecular weight excluding hydrogens is 410 g/mol. The molecule has 4 rings (SSSR count). The predicted molar refractivity (Wildman–Crippen MR) is 124 cm³/mol. The molecule has 1 N–H and O–H groups in total. The van der Waals surface area contributed by atoms with Crippen LogP contribution >= 0.6 is 11.8 Å². The summed E-state index contributed by atoms with van der Waals surface area (Å²) in [6.45, 7) is 2.31. The molecule has 0 saturated carbocycles. The number of aromatic nitrogens is 2.